The van der Waals surface area contributed by atoms with Gasteiger partial charge in [-0.25, -0.2) is 9.97 Å². The number of benzene rings is 2. The van der Waals surface area contributed by atoms with Crippen molar-refractivity contribution in [2.75, 3.05) is 0 Å². The summed E-state index contributed by atoms with van der Waals surface area (Å²) in [6.07, 6.45) is 4.81. The smallest absolute Gasteiger partial charge is 0.251 e. The largest absolute Gasteiger partial charge is 0.438 e. The summed E-state index contributed by atoms with van der Waals surface area (Å²) in [5.41, 5.74) is 2.93. The molecule has 0 fully saturated rings. The molecule has 0 bridgehead atoms. The summed E-state index contributed by atoms with van der Waals surface area (Å²) in [7, 11) is 0. The number of nitrogens with zero attached hydrogens (tertiary/aromatic N) is 3. The summed E-state index contributed by atoms with van der Waals surface area (Å²) >= 11 is 6.04. The van der Waals surface area contributed by atoms with E-state index in [1.165, 1.54) is 6.33 Å². The van der Waals surface area contributed by atoms with E-state index in [0.717, 1.165) is 16.5 Å². The lowest BCUT2D eigenvalue weighted by Crippen LogP contribution is -2.23. The molecule has 29 heavy (non-hydrogen) atoms. The van der Waals surface area contributed by atoms with Crippen LogP contribution in [0.3, 0.4) is 0 Å². The molecule has 6 nitrogen and oxygen atoms in total. The van der Waals surface area contributed by atoms with Crippen LogP contribution in [-0.4, -0.2) is 20.9 Å². The third-order valence-corrected chi connectivity index (χ3v) is 4.73. The summed E-state index contributed by atoms with van der Waals surface area (Å²) < 4.78 is 6.03. The molecule has 0 spiro atoms. The van der Waals surface area contributed by atoms with Crippen LogP contribution >= 0.6 is 11.6 Å². The molecule has 0 saturated heterocycles. The van der Waals surface area contributed by atoms with E-state index in [0.29, 0.717) is 34.3 Å². The summed E-state index contributed by atoms with van der Waals surface area (Å²) in [5, 5.41) is 4.25. The molecule has 1 amide bonds. The van der Waals surface area contributed by atoms with Crippen molar-refractivity contribution in [2.24, 2.45) is 0 Å². The molecule has 0 saturated carbocycles. The number of carbonyl (C=O) groups excluding carboxylic acids is 1. The Balaban J connectivity index is 1.58. The van der Waals surface area contributed by atoms with Crippen molar-refractivity contribution in [1.29, 1.82) is 0 Å². The fourth-order valence-electron chi connectivity index (χ4n) is 2.94. The van der Waals surface area contributed by atoms with Gasteiger partial charge in [0, 0.05) is 35.1 Å². The SMILES string of the molecule is Cc1c(Oc2ncnc3cc(Cl)ccc23)cccc1C(=O)NCc1ccncc1. The number of pyridine rings is 1. The zero-order valence-electron chi connectivity index (χ0n) is 15.6. The Morgan fingerprint density at radius 3 is 2.76 bits per heavy atom. The molecule has 2 aromatic heterocycles. The minimum Gasteiger partial charge on any atom is -0.438 e. The fraction of sp³-hybridized carbons (Fsp3) is 0.0909. The van der Waals surface area contributed by atoms with Crippen LogP contribution in [0, 0.1) is 6.92 Å². The van der Waals surface area contributed by atoms with E-state index < -0.39 is 0 Å². The quantitative estimate of drug-likeness (QED) is 0.521. The van der Waals surface area contributed by atoms with Gasteiger partial charge in [-0.15, -0.1) is 0 Å². The zero-order valence-corrected chi connectivity index (χ0v) is 16.3. The molecule has 7 heteroatoms. The molecule has 0 atom stereocenters. The van der Waals surface area contributed by atoms with E-state index in [1.807, 2.05) is 25.1 Å². The number of nitrogens with one attached hydrogen (secondary N) is 1. The third-order valence-electron chi connectivity index (χ3n) is 4.50. The van der Waals surface area contributed by atoms with E-state index in [4.69, 9.17) is 16.3 Å². The first-order chi connectivity index (χ1) is 14.1. The van der Waals surface area contributed by atoms with Crippen LogP contribution < -0.4 is 10.1 Å². The molecule has 4 rings (SSSR count). The molecule has 0 unspecified atom stereocenters. The predicted molar refractivity (Wildman–Crippen MR) is 111 cm³/mol. The van der Waals surface area contributed by atoms with E-state index in [-0.39, 0.29) is 5.91 Å². The Morgan fingerprint density at radius 1 is 1.10 bits per heavy atom. The average molecular weight is 405 g/mol. The Kier molecular flexibility index (Phi) is 5.35. The Labute approximate surface area is 172 Å². The first-order valence-corrected chi connectivity index (χ1v) is 9.34. The number of halogens is 1. The lowest BCUT2D eigenvalue weighted by atomic mass is 10.1. The second-order valence-electron chi connectivity index (χ2n) is 6.41. The van der Waals surface area contributed by atoms with Crippen molar-refractivity contribution in [3.05, 3.63) is 89.0 Å². The highest BCUT2D eigenvalue weighted by Gasteiger charge is 2.14. The van der Waals surface area contributed by atoms with Crippen LogP contribution in [0.4, 0.5) is 0 Å². The lowest BCUT2D eigenvalue weighted by molar-refractivity contribution is 0.0950. The van der Waals surface area contributed by atoms with Crippen molar-refractivity contribution in [1.82, 2.24) is 20.3 Å². The zero-order chi connectivity index (χ0) is 20.2. The van der Waals surface area contributed by atoms with Crippen LogP contribution in [0.15, 0.2) is 67.3 Å². The molecular weight excluding hydrogens is 388 g/mol. The third kappa shape index (κ3) is 4.17. The van der Waals surface area contributed by atoms with E-state index in [2.05, 4.69) is 20.3 Å². The topological polar surface area (TPSA) is 77.0 Å². The summed E-state index contributed by atoms with van der Waals surface area (Å²) in [6, 6.07) is 14.4. The van der Waals surface area contributed by atoms with E-state index in [1.54, 1.807) is 42.7 Å². The first kappa shape index (κ1) is 18.8. The molecule has 1 N–H and O–H groups in total. The van der Waals surface area contributed by atoms with Gasteiger partial charge < -0.3 is 10.1 Å². The van der Waals surface area contributed by atoms with Gasteiger partial charge in [-0.05, 0) is 55.0 Å². The molecule has 144 valence electrons. The molecule has 4 aromatic rings. The molecule has 2 heterocycles. The summed E-state index contributed by atoms with van der Waals surface area (Å²) in [5.74, 6) is 0.782. The van der Waals surface area contributed by atoms with Crippen molar-refractivity contribution in [3.63, 3.8) is 0 Å². The van der Waals surface area contributed by atoms with Crippen LogP contribution in [0.2, 0.25) is 5.02 Å². The van der Waals surface area contributed by atoms with Gasteiger partial charge in [-0.2, -0.15) is 0 Å². The highest BCUT2D eigenvalue weighted by molar-refractivity contribution is 6.31. The number of rotatable bonds is 5. The maximum atomic E-state index is 12.7. The maximum absolute atomic E-state index is 12.7. The van der Waals surface area contributed by atoms with Gasteiger partial charge in [-0.3, -0.25) is 9.78 Å². The van der Waals surface area contributed by atoms with Crippen LogP contribution in [0.25, 0.3) is 10.9 Å². The second-order valence-corrected chi connectivity index (χ2v) is 6.85. The number of fused-ring (bicyclic) bond motifs is 1. The van der Waals surface area contributed by atoms with Crippen molar-refractivity contribution >= 4 is 28.4 Å². The molecule has 0 radical (unpaired) electrons. The summed E-state index contributed by atoms with van der Waals surface area (Å²) in [4.78, 5) is 25.1. The lowest BCUT2D eigenvalue weighted by Gasteiger charge is -2.13. The first-order valence-electron chi connectivity index (χ1n) is 8.96. The normalized spacial score (nSPS) is 10.7. The van der Waals surface area contributed by atoms with Crippen molar-refractivity contribution in [2.45, 2.75) is 13.5 Å². The highest BCUT2D eigenvalue weighted by atomic mass is 35.5. The van der Waals surface area contributed by atoms with E-state index in [9.17, 15) is 4.79 Å². The van der Waals surface area contributed by atoms with E-state index >= 15 is 0 Å². The van der Waals surface area contributed by atoms with Gasteiger partial charge in [0.05, 0.1) is 10.9 Å². The van der Waals surface area contributed by atoms with Crippen LogP contribution in [0.1, 0.15) is 21.5 Å². The highest BCUT2D eigenvalue weighted by Crippen LogP contribution is 2.31. The second kappa shape index (κ2) is 8.24. The average Bonchev–Trinajstić information content (AvgIpc) is 2.74. The molecule has 0 aliphatic rings. The summed E-state index contributed by atoms with van der Waals surface area (Å²) in [6.45, 7) is 2.26. The van der Waals surface area contributed by atoms with Gasteiger partial charge in [0.25, 0.3) is 5.91 Å². The van der Waals surface area contributed by atoms with Gasteiger partial charge in [0.2, 0.25) is 5.88 Å². The van der Waals surface area contributed by atoms with Crippen molar-refractivity contribution < 1.29 is 9.53 Å². The molecular formula is C22H17ClN4O2. The number of hydrogen-bond donors (Lipinski definition) is 1. The standard InChI is InChI=1S/C22H17ClN4O2/c1-14-17(21(28)25-12-15-7-9-24-10-8-15)3-2-4-20(14)29-22-18-6-5-16(23)11-19(18)26-13-27-22/h2-11,13H,12H2,1H3,(H,25,28). The van der Waals surface area contributed by atoms with Gasteiger partial charge in [-0.1, -0.05) is 17.7 Å². The minimum atomic E-state index is -0.177. The Bertz CT molecular complexity index is 1180. The minimum absolute atomic E-state index is 0.177. The number of aromatic nitrogens is 3. The number of carbonyl (C=O) groups is 1. The van der Waals surface area contributed by atoms with Crippen LogP contribution in [-0.2, 0) is 6.54 Å². The molecule has 2 aromatic carbocycles. The number of amides is 1. The predicted octanol–water partition coefficient (Wildman–Crippen LogP) is 4.71. The fourth-order valence-corrected chi connectivity index (χ4v) is 3.11. The van der Waals surface area contributed by atoms with Crippen LogP contribution in [0.5, 0.6) is 11.6 Å². The van der Waals surface area contributed by atoms with Gasteiger partial charge in [0.1, 0.15) is 12.1 Å². The number of ether oxygens (including phenoxy) is 1. The molecule has 0 aliphatic carbocycles. The number of hydrogen-bond acceptors (Lipinski definition) is 5. The van der Waals surface area contributed by atoms with Gasteiger partial charge >= 0.3 is 0 Å². The Hall–Kier alpha value is -3.51. The Morgan fingerprint density at radius 2 is 1.93 bits per heavy atom. The van der Waals surface area contributed by atoms with Crippen molar-refractivity contribution in [3.8, 4) is 11.6 Å². The monoisotopic (exact) mass is 404 g/mol. The van der Waals surface area contributed by atoms with Gasteiger partial charge in [0.15, 0.2) is 0 Å². The molecule has 0 aliphatic heterocycles. The maximum Gasteiger partial charge on any atom is 0.251 e.